The molecule has 0 unspecified atom stereocenters. The van der Waals surface area contributed by atoms with Gasteiger partial charge in [-0.3, -0.25) is 14.4 Å². The van der Waals surface area contributed by atoms with Gasteiger partial charge in [0.15, 0.2) is 0 Å². The quantitative estimate of drug-likeness (QED) is 0.421. The molecule has 178 valence electrons. The van der Waals surface area contributed by atoms with Crippen molar-refractivity contribution in [3.63, 3.8) is 0 Å². The Hall–Kier alpha value is -4.07. The van der Waals surface area contributed by atoms with Crippen molar-refractivity contribution >= 4 is 23.4 Å². The van der Waals surface area contributed by atoms with Crippen molar-refractivity contribution < 1.29 is 23.5 Å². The summed E-state index contributed by atoms with van der Waals surface area (Å²) in [5.74, 6) is 0.0222. The maximum absolute atomic E-state index is 13.2. The van der Waals surface area contributed by atoms with E-state index in [1.54, 1.807) is 67.8 Å². The molecular weight excluding hydrogens is 434 g/mol. The maximum Gasteiger partial charge on any atom is 0.255 e. The van der Waals surface area contributed by atoms with E-state index in [1.165, 1.54) is 6.26 Å². The summed E-state index contributed by atoms with van der Waals surface area (Å²) in [4.78, 5) is 38.7. The lowest BCUT2D eigenvalue weighted by Gasteiger charge is -2.24. The van der Waals surface area contributed by atoms with Crippen LogP contribution in [0, 0.1) is 5.92 Å². The van der Waals surface area contributed by atoms with E-state index >= 15 is 0 Å². The van der Waals surface area contributed by atoms with Crippen LogP contribution in [0.4, 0.5) is 5.69 Å². The van der Waals surface area contributed by atoms with Gasteiger partial charge in [0.05, 0.1) is 31.2 Å². The highest BCUT2D eigenvalue weighted by Crippen LogP contribution is 2.19. The lowest BCUT2D eigenvalue weighted by Crippen LogP contribution is -2.50. The fourth-order valence-corrected chi connectivity index (χ4v) is 3.35. The summed E-state index contributed by atoms with van der Waals surface area (Å²) in [6.45, 7) is 4.07. The van der Waals surface area contributed by atoms with Gasteiger partial charge < -0.3 is 25.1 Å². The summed E-state index contributed by atoms with van der Waals surface area (Å²) in [7, 11) is 1.55. The molecule has 2 aromatic carbocycles. The van der Waals surface area contributed by atoms with Gasteiger partial charge in [0.2, 0.25) is 5.91 Å². The average Bonchev–Trinajstić information content (AvgIpc) is 3.39. The number of hydrogen-bond donors (Lipinski definition) is 3. The Morgan fingerprint density at radius 1 is 0.971 bits per heavy atom. The third-order valence-corrected chi connectivity index (χ3v) is 5.57. The second-order valence-electron chi connectivity index (χ2n) is 7.86. The van der Waals surface area contributed by atoms with Crippen molar-refractivity contribution in [3.8, 4) is 5.75 Å². The zero-order chi connectivity index (χ0) is 24.5. The average molecular weight is 464 g/mol. The van der Waals surface area contributed by atoms with E-state index in [2.05, 4.69) is 16.0 Å². The Kier molecular flexibility index (Phi) is 8.45. The lowest BCUT2D eigenvalue weighted by atomic mass is 9.97. The number of methoxy groups -OCH3 is 1. The van der Waals surface area contributed by atoms with Crippen LogP contribution < -0.4 is 20.7 Å². The number of furan rings is 1. The summed E-state index contributed by atoms with van der Waals surface area (Å²) in [5.41, 5.74) is 1.03. The fraction of sp³-hybridized carbons (Fsp3) is 0.269. The molecule has 0 saturated carbocycles. The molecule has 1 heterocycles. The van der Waals surface area contributed by atoms with Crippen LogP contribution in [0.25, 0.3) is 0 Å². The Labute approximate surface area is 198 Å². The highest BCUT2D eigenvalue weighted by Gasteiger charge is 2.27. The Morgan fingerprint density at radius 3 is 2.35 bits per heavy atom. The number of benzene rings is 2. The van der Waals surface area contributed by atoms with E-state index in [0.29, 0.717) is 29.2 Å². The summed E-state index contributed by atoms with van der Waals surface area (Å²) in [6, 6.07) is 16.1. The molecule has 3 amide bonds. The van der Waals surface area contributed by atoms with Crippen LogP contribution in [0.2, 0.25) is 0 Å². The van der Waals surface area contributed by atoms with Crippen LogP contribution in [-0.2, 0) is 11.3 Å². The smallest absolute Gasteiger partial charge is 0.255 e. The van der Waals surface area contributed by atoms with Gasteiger partial charge in [0.25, 0.3) is 11.8 Å². The predicted molar refractivity (Wildman–Crippen MR) is 129 cm³/mol. The van der Waals surface area contributed by atoms with Crippen molar-refractivity contribution in [1.82, 2.24) is 10.6 Å². The number of nitrogens with one attached hydrogen (secondary N) is 3. The minimum Gasteiger partial charge on any atom is -0.497 e. The monoisotopic (exact) mass is 463 g/mol. The van der Waals surface area contributed by atoms with Crippen molar-refractivity contribution in [1.29, 1.82) is 0 Å². The molecular formula is C26H29N3O5. The third-order valence-electron chi connectivity index (χ3n) is 5.57. The molecule has 8 heteroatoms. The Morgan fingerprint density at radius 2 is 1.71 bits per heavy atom. The van der Waals surface area contributed by atoms with E-state index in [1.807, 2.05) is 13.8 Å². The lowest BCUT2D eigenvalue weighted by molar-refractivity contribution is -0.124. The van der Waals surface area contributed by atoms with Crippen molar-refractivity contribution in [2.45, 2.75) is 32.9 Å². The molecule has 8 nitrogen and oxygen atoms in total. The number of carbonyl (C=O) groups excluding carboxylic acids is 3. The topological polar surface area (TPSA) is 110 Å². The highest BCUT2D eigenvalue weighted by atomic mass is 16.5. The fourth-order valence-electron chi connectivity index (χ4n) is 3.35. The third kappa shape index (κ3) is 6.25. The molecule has 2 atom stereocenters. The van der Waals surface area contributed by atoms with Crippen LogP contribution in [0.5, 0.6) is 5.75 Å². The van der Waals surface area contributed by atoms with Gasteiger partial charge in [0.1, 0.15) is 17.6 Å². The molecule has 3 aromatic rings. The molecule has 1 aromatic heterocycles. The number of carbonyl (C=O) groups is 3. The van der Waals surface area contributed by atoms with E-state index in [-0.39, 0.29) is 29.8 Å². The largest absolute Gasteiger partial charge is 0.497 e. The molecule has 0 bridgehead atoms. The molecule has 0 spiro atoms. The van der Waals surface area contributed by atoms with E-state index in [9.17, 15) is 14.4 Å². The van der Waals surface area contributed by atoms with Gasteiger partial charge in [-0.2, -0.15) is 0 Å². The molecule has 0 fully saturated rings. The van der Waals surface area contributed by atoms with E-state index in [4.69, 9.17) is 9.15 Å². The van der Waals surface area contributed by atoms with Gasteiger partial charge in [-0.1, -0.05) is 32.4 Å². The molecule has 0 aliphatic rings. The van der Waals surface area contributed by atoms with E-state index in [0.717, 1.165) is 0 Å². The molecule has 0 aliphatic carbocycles. The summed E-state index contributed by atoms with van der Waals surface area (Å²) in [6.07, 6.45) is 2.22. The second-order valence-corrected chi connectivity index (χ2v) is 7.86. The van der Waals surface area contributed by atoms with Crippen LogP contribution >= 0.6 is 0 Å². The molecule has 34 heavy (non-hydrogen) atoms. The summed E-state index contributed by atoms with van der Waals surface area (Å²) >= 11 is 0. The number of amides is 3. The van der Waals surface area contributed by atoms with Gasteiger partial charge in [-0.15, -0.1) is 0 Å². The standard InChI is InChI=1S/C26H29N3O5/c1-4-17(2)23(26(32)27-16-20-8-7-15-34-20)29-25(31)21-9-5-6-10-22(21)28-24(30)18-11-13-19(33-3)14-12-18/h5-15,17,23H,4,16H2,1-3H3,(H,27,32)(H,28,30)(H,29,31)/t17-,23-/m0/s1. The zero-order valence-electron chi connectivity index (χ0n) is 19.5. The molecule has 0 radical (unpaired) electrons. The van der Waals surface area contributed by atoms with Crippen LogP contribution in [-0.4, -0.2) is 30.9 Å². The number of para-hydroxylation sites is 1. The normalized spacial score (nSPS) is 12.3. The van der Waals surface area contributed by atoms with Crippen molar-refractivity contribution in [2.24, 2.45) is 5.92 Å². The number of hydrogen-bond acceptors (Lipinski definition) is 5. The first kappa shape index (κ1) is 24.6. The minimum atomic E-state index is -0.752. The zero-order valence-corrected chi connectivity index (χ0v) is 19.5. The summed E-state index contributed by atoms with van der Waals surface area (Å²) in [5, 5.41) is 8.42. The second kappa shape index (κ2) is 11.7. The first-order valence-corrected chi connectivity index (χ1v) is 11.1. The molecule has 3 rings (SSSR count). The van der Waals surface area contributed by atoms with Crippen LogP contribution in [0.3, 0.4) is 0 Å². The van der Waals surface area contributed by atoms with Crippen LogP contribution in [0.1, 0.15) is 46.7 Å². The van der Waals surface area contributed by atoms with Crippen molar-refractivity contribution in [3.05, 3.63) is 83.8 Å². The predicted octanol–water partition coefficient (Wildman–Crippen LogP) is 4.00. The number of anilines is 1. The van der Waals surface area contributed by atoms with Gasteiger partial charge in [0, 0.05) is 5.56 Å². The Bertz CT molecular complexity index is 1110. The molecule has 3 N–H and O–H groups in total. The van der Waals surface area contributed by atoms with Gasteiger partial charge in [-0.25, -0.2) is 0 Å². The van der Waals surface area contributed by atoms with Crippen molar-refractivity contribution in [2.75, 3.05) is 12.4 Å². The molecule has 0 aliphatic heterocycles. The van der Waals surface area contributed by atoms with Crippen LogP contribution in [0.15, 0.2) is 71.3 Å². The minimum absolute atomic E-state index is 0.110. The maximum atomic E-state index is 13.2. The molecule has 0 saturated heterocycles. The SMILES string of the molecule is CC[C@H](C)[C@H](NC(=O)c1ccccc1NC(=O)c1ccc(OC)cc1)C(=O)NCc1ccco1. The first-order chi connectivity index (χ1) is 16.4. The Balaban J connectivity index is 1.72. The van der Waals surface area contributed by atoms with Gasteiger partial charge >= 0.3 is 0 Å². The first-order valence-electron chi connectivity index (χ1n) is 11.1. The number of rotatable bonds is 10. The van der Waals surface area contributed by atoms with Gasteiger partial charge in [-0.05, 0) is 54.4 Å². The number of ether oxygens (including phenoxy) is 1. The highest BCUT2D eigenvalue weighted by molar-refractivity contribution is 6.09. The summed E-state index contributed by atoms with van der Waals surface area (Å²) < 4.78 is 10.4. The van der Waals surface area contributed by atoms with E-state index < -0.39 is 11.9 Å².